The average Bonchev–Trinajstić information content (AvgIpc) is 2.56. The molecule has 3 rings (SSSR count). The average molecular weight is 329 g/mol. The van der Waals surface area contributed by atoms with E-state index in [0.29, 0.717) is 19.7 Å². The zero-order valence-electron chi connectivity index (χ0n) is 12.5. The Hall–Kier alpha value is -1.17. The van der Waals surface area contributed by atoms with Gasteiger partial charge in [-0.1, -0.05) is 12.1 Å². The van der Waals surface area contributed by atoms with Crippen LogP contribution >= 0.6 is 12.4 Å². The van der Waals surface area contributed by atoms with Gasteiger partial charge in [-0.15, -0.1) is 12.4 Å². The van der Waals surface area contributed by atoms with Crippen LogP contribution in [0.1, 0.15) is 24.5 Å². The van der Waals surface area contributed by atoms with Gasteiger partial charge in [-0.3, -0.25) is 4.79 Å². The molecule has 2 aliphatic heterocycles. The van der Waals surface area contributed by atoms with Crippen molar-refractivity contribution >= 4 is 18.3 Å². The Bertz CT molecular complexity index is 491. The van der Waals surface area contributed by atoms with E-state index in [1.165, 1.54) is 12.1 Å². The highest BCUT2D eigenvalue weighted by atomic mass is 35.5. The molecule has 1 aromatic rings. The molecule has 2 fully saturated rings. The third kappa shape index (κ3) is 3.97. The summed E-state index contributed by atoms with van der Waals surface area (Å²) < 4.78 is 18.7. The number of carbonyl (C=O) groups is 1. The van der Waals surface area contributed by atoms with Crippen molar-refractivity contribution in [2.45, 2.75) is 18.9 Å². The number of carbonyl (C=O) groups excluding carboxylic acids is 1. The Balaban J connectivity index is 0.00000176. The standard InChI is InChI=1S/C16H21FN2O2.ClH/c17-14-5-3-12(4-6-14)15-11-19(8-9-21-15)16(20)13-2-1-7-18-10-13;/h3-6,13,15,18H,1-2,7-11H2;1H. The van der Waals surface area contributed by atoms with Crippen LogP contribution in [0.2, 0.25) is 0 Å². The Morgan fingerprint density at radius 3 is 2.77 bits per heavy atom. The van der Waals surface area contributed by atoms with Gasteiger partial charge in [-0.2, -0.15) is 0 Å². The fourth-order valence-corrected chi connectivity index (χ4v) is 3.05. The molecule has 0 aromatic heterocycles. The van der Waals surface area contributed by atoms with Gasteiger partial charge < -0.3 is 15.0 Å². The molecule has 0 radical (unpaired) electrons. The van der Waals surface area contributed by atoms with Crippen LogP contribution in [0.4, 0.5) is 4.39 Å². The van der Waals surface area contributed by atoms with Crippen molar-refractivity contribution in [2.75, 3.05) is 32.8 Å². The minimum absolute atomic E-state index is 0. The fourth-order valence-electron chi connectivity index (χ4n) is 3.05. The predicted molar refractivity (Wildman–Crippen MR) is 84.5 cm³/mol. The van der Waals surface area contributed by atoms with Crippen molar-refractivity contribution < 1.29 is 13.9 Å². The first-order chi connectivity index (χ1) is 10.2. The number of hydrogen-bond acceptors (Lipinski definition) is 3. The minimum atomic E-state index is -0.254. The van der Waals surface area contributed by atoms with E-state index in [1.54, 1.807) is 12.1 Å². The lowest BCUT2D eigenvalue weighted by Crippen LogP contribution is -2.48. The number of halogens is 2. The summed E-state index contributed by atoms with van der Waals surface area (Å²) >= 11 is 0. The van der Waals surface area contributed by atoms with Gasteiger partial charge in [-0.05, 0) is 37.1 Å². The van der Waals surface area contributed by atoms with Gasteiger partial charge in [0, 0.05) is 13.1 Å². The zero-order chi connectivity index (χ0) is 14.7. The number of nitrogens with zero attached hydrogens (tertiary/aromatic N) is 1. The monoisotopic (exact) mass is 328 g/mol. The molecule has 2 saturated heterocycles. The molecule has 22 heavy (non-hydrogen) atoms. The highest BCUT2D eigenvalue weighted by Crippen LogP contribution is 2.24. The van der Waals surface area contributed by atoms with Gasteiger partial charge in [0.05, 0.1) is 19.1 Å². The van der Waals surface area contributed by atoms with Crippen molar-refractivity contribution in [1.82, 2.24) is 10.2 Å². The van der Waals surface area contributed by atoms with Gasteiger partial charge in [0.1, 0.15) is 11.9 Å². The molecule has 0 aliphatic carbocycles. The molecular formula is C16H22ClFN2O2. The number of nitrogens with one attached hydrogen (secondary N) is 1. The van der Waals surface area contributed by atoms with E-state index < -0.39 is 0 Å². The summed E-state index contributed by atoms with van der Waals surface area (Å²) in [5.74, 6) is 0.0547. The Labute approximate surface area is 136 Å². The van der Waals surface area contributed by atoms with Gasteiger partial charge >= 0.3 is 0 Å². The van der Waals surface area contributed by atoms with E-state index in [2.05, 4.69) is 5.32 Å². The molecule has 122 valence electrons. The van der Waals surface area contributed by atoms with Crippen LogP contribution in [0.5, 0.6) is 0 Å². The summed E-state index contributed by atoms with van der Waals surface area (Å²) in [7, 11) is 0. The molecule has 0 spiro atoms. The van der Waals surface area contributed by atoms with Crippen molar-refractivity contribution in [3.8, 4) is 0 Å². The van der Waals surface area contributed by atoms with Gasteiger partial charge in [0.2, 0.25) is 5.91 Å². The molecule has 1 N–H and O–H groups in total. The summed E-state index contributed by atoms with van der Waals surface area (Å²) in [4.78, 5) is 14.5. The summed E-state index contributed by atoms with van der Waals surface area (Å²) in [5.41, 5.74) is 0.927. The molecule has 4 nitrogen and oxygen atoms in total. The molecule has 1 aromatic carbocycles. The van der Waals surface area contributed by atoms with Gasteiger partial charge in [0.25, 0.3) is 0 Å². The second-order valence-corrected chi connectivity index (χ2v) is 5.74. The second kappa shape index (κ2) is 7.90. The first-order valence-corrected chi connectivity index (χ1v) is 7.60. The maximum atomic E-state index is 13.0. The fraction of sp³-hybridized carbons (Fsp3) is 0.562. The smallest absolute Gasteiger partial charge is 0.227 e. The maximum Gasteiger partial charge on any atom is 0.227 e. The lowest BCUT2D eigenvalue weighted by atomic mass is 9.97. The van der Waals surface area contributed by atoms with Crippen molar-refractivity contribution in [1.29, 1.82) is 0 Å². The van der Waals surface area contributed by atoms with Crippen LogP contribution in [0.3, 0.4) is 0 Å². The highest BCUT2D eigenvalue weighted by Gasteiger charge is 2.30. The summed E-state index contributed by atoms with van der Waals surface area (Å²) in [6.07, 6.45) is 1.87. The third-order valence-electron chi connectivity index (χ3n) is 4.27. The number of piperidine rings is 1. The zero-order valence-corrected chi connectivity index (χ0v) is 13.3. The van der Waals surface area contributed by atoms with Crippen LogP contribution in [0.25, 0.3) is 0 Å². The van der Waals surface area contributed by atoms with Crippen molar-refractivity contribution in [3.05, 3.63) is 35.6 Å². The van der Waals surface area contributed by atoms with Crippen molar-refractivity contribution in [2.24, 2.45) is 5.92 Å². The van der Waals surface area contributed by atoms with E-state index in [9.17, 15) is 9.18 Å². The van der Waals surface area contributed by atoms with Crippen LogP contribution in [0.15, 0.2) is 24.3 Å². The molecule has 0 bridgehead atoms. The third-order valence-corrected chi connectivity index (χ3v) is 4.27. The molecule has 2 unspecified atom stereocenters. The van der Waals surface area contributed by atoms with Crippen LogP contribution in [0, 0.1) is 11.7 Å². The van der Waals surface area contributed by atoms with Crippen molar-refractivity contribution in [3.63, 3.8) is 0 Å². The topological polar surface area (TPSA) is 41.6 Å². The normalized spacial score (nSPS) is 25.4. The quantitative estimate of drug-likeness (QED) is 0.904. The first kappa shape index (κ1) is 17.2. The molecule has 0 saturated carbocycles. The lowest BCUT2D eigenvalue weighted by molar-refractivity contribution is -0.143. The van der Waals surface area contributed by atoms with Gasteiger partial charge in [-0.25, -0.2) is 4.39 Å². The number of amides is 1. The van der Waals surface area contributed by atoms with E-state index in [1.807, 2.05) is 4.90 Å². The second-order valence-electron chi connectivity index (χ2n) is 5.74. The molecule has 6 heteroatoms. The van der Waals surface area contributed by atoms with Crippen LogP contribution in [-0.4, -0.2) is 43.6 Å². The number of rotatable bonds is 2. The Morgan fingerprint density at radius 1 is 1.32 bits per heavy atom. The first-order valence-electron chi connectivity index (χ1n) is 7.60. The molecule has 2 heterocycles. The van der Waals surface area contributed by atoms with E-state index in [-0.39, 0.29) is 36.2 Å². The number of ether oxygens (including phenoxy) is 1. The molecule has 2 aliphatic rings. The summed E-state index contributed by atoms with van der Waals surface area (Å²) in [6, 6.07) is 6.33. The van der Waals surface area contributed by atoms with E-state index in [0.717, 1.165) is 31.5 Å². The Kier molecular flexibility index (Phi) is 6.17. The molecule has 1 amide bonds. The molecule has 2 atom stereocenters. The number of hydrogen-bond donors (Lipinski definition) is 1. The van der Waals surface area contributed by atoms with Crippen LogP contribution in [-0.2, 0) is 9.53 Å². The maximum absolute atomic E-state index is 13.0. The van der Waals surface area contributed by atoms with Crippen LogP contribution < -0.4 is 5.32 Å². The largest absolute Gasteiger partial charge is 0.370 e. The minimum Gasteiger partial charge on any atom is -0.370 e. The molecular weight excluding hydrogens is 307 g/mol. The van der Waals surface area contributed by atoms with E-state index >= 15 is 0 Å². The highest BCUT2D eigenvalue weighted by molar-refractivity contribution is 5.85. The number of benzene rings is 1. The summed E-state index contributed by atoms with van der Waals surface area (Å²) in [5, 5.41) is 3.28. The van der Waals surface area contributed by atoms with Gasteiger partial charge in [0.15, 0.2) is 0 Å². The van der Waals surface area contributed by atoms with E-state index in [4.69, 9.17) is 4.74 Å². The lowest BCUT2D eigenvalue weighted by Gasteiger charge is -2.36. The predicted octanol–water partition coefficient (Wildman–Crippen LogP) is 2.15. The Morgan fingerprint density at radius 2 is 2.09 bits per heavy atom. The SMILES string of the molecule is Cl.O=C(C1CCCNC1)N1CCOC(c2ccc(F)cc2)C1. The summed E-state index contributed by atoms with van der Waals surface area (Å²) in [6.45, 7) is 3.52. The number of morpholine rings is 1.